The van der Waals surface area contributed by atoms with Crippen LogP contribution in [0.25, 0.3) is 0 Å². The fourth-order valence-electron chi connectivity index (χ4n) is 4.92. The van der Waals surface area contributed by atoms with Crippen molar-refractivity contribution in [2.24, 2.45) is 0 Å². The molecule has 0 spiro atoms. The molecule has 1 N–H and O–H groups in total. The van der Waals surface area contributed by atoms with Crippen LogP contribution in [0.1, 0.15) is 62.1 Å². The van der Waals surface area contributed by atoms with Crippen molar-refractivity contribution < 1.29 is 9.15 Å². The minimum absolute atomic E-state index is 0.672. The number of aryl methyl sites for hydroxylation is 4. The van der Waals surface area contributed by atoms with Crippen molar-refractivity contribution >= 4 is 11.5 Å². The number of pyridine rings is 1. The molecule has 6 nitrogen and oxygen atoms in total. The Morgan fingerprint density at radius 2 is 1.93 bits per heavy atom. The molecule has 4 rings (SSSR count). The number of methoxy groups -OCH3 is 1. The topological polar surface area (TPSA) is 63.4 Å². The molecule has 158 valence electrons. The van der Waals surface area contributed by atoms with Crippen molar-refractivity contribution in [1.29, 1.82) is 0 Å². The van der Waals surface area contributed by atoms with Crippen molar-refractivity contribution in [2.45, 2.75) is 77.3 Å². The average molecular weight is 399 g/mol. The molecule has 0 radical (unpaired) electrons. The Morgan fingerprint density at radius 1 is 1.14 bits per heavy atom. The quantitative estimate of drug-likeness (QED) is 0.635. The second kappa shape index (κ2) is 9.16. The highest BCUT2D eigenvalue weighted by Crippen LogP contribution is 2.40. The Labute approximate surface area is 174 Å². The van der Waals surface area contributed by atoms with Crippen molar-refractivity contribution in [2.75, 3.05) is 30.5 Å². The lowest BCUT2D eigenvalue weighted by molar-refractivity contribution is 0.210. The number of aromatic nitrogens is 2. The van der Waals surface area contributed by atoms with Gasteiger partial charge in [-0.3, -0.25) is 0 Å². The summed E-state index contributed by atoms with van der Waals surface area (Å²) < 4.78 is 11.1. The number of oxazole rings is 1. The molecule has 0 aromatic carbocycles. The molecule has 0 aliphatic carbocycles. The molecular weight excluding hydrogens is 364 g/mol. The van der Waals surface area contributed by atoms with E-state index in [1.165, 1.54) is 37.8 Å². The third-order valence-corrected chi connectivity index (χ3v) is 6.32. The van der Waals surface area contributed by atoms with Gasteiger partial charge >= 0.3 is 0 Å². The lowest BCUT2D eigenvalue weighted by Gasteiger charge is -2.37. The normalized spacial score (nSPS) is 21.0. The smallest absolute Gasteiger partial charge is 0.195 e. The molecule has 2 aromatic heterocycles. The zero-order valence-corrected chi connectivity index (χ0v) is 18.0. The number of anilines is 2. The highest BCUT2D eigenvalue weighted by molar-refractivity contribution is 5.58. The Hall–Kier alpha value is -2.08. The number of fused-ring (bicyclic) bond motifs is 2. The minimum atomic E-state index is 0.672. The molecule has 4 heterocycles. The molecule has 2 atom stereocenters. The van der Waals surface area contributed by atoms with Gasteiger partial charge in [0.15, 0.2) is 5.89 Å². The van der Waals surface area contributed by atoms with E-state index in [1.54, 1.807) is 7.11 Å². The van der Waals surface area contributed by atoms with Crippen LogP contribution in [0, 0.1) is 6.92 Å². The van der Waals surface area contributed by atoms with Gasteiger partial charge in [-0.1, -0.05) is 6.92 Å². The monoisotopic (exact) mass is 398 g/mol. The maximum absolute atomic E-state index is 5.90. The highest BCUT2D eigenvalue weighted by Gasteiger charge is 2.36. The lowest BCUT2D eigenvalue weighted by atomic mass is 10.0. The van der Waals surface area contributed by atoms with E-state index < -0.39 is 0 Å². The molecule has 2 fully saturated rings. The number of ether oxygens (including phenoxy) is 1. The molecular formula is C23H34N4O2. The summed E-state index contributed by atoms with van der Waals surface area (Å²) in [6, 6.07) is 5.89. The van der Waals surface area contributed by atoms with Gasteiger partial charge in [0.05, 0.1) is 12.3 Å². The molecule has 6 heteroatoms. The van der Waals surface area contributed by atoms with Crippen LogP contribution in [0.15, 0.2) is 16.5 Å². The van der Waals surface area contributed by atoms with Crippen molar-refractivity contribution in [3.8, 4) is 0 Å². The molecule has 0 amide bonds. The maximum atomic E-state index is 5.90. The van der Waals surface area contributed by atoms with Crippen LogP contribution in [-0.4, -0.2) is 42.3 Å². The molecule has 2 saturated heterocycles. The summed E-state index contributed by atoms with van der Waals surface area (Å²) in [6.45, 7) is 5.56. The second-order valence-corrected chi connectivity index (χ2v) is 8.31. The zero-order valence-electron chi connectivity index (χ0n) is 18.0. The molecule has 2 aliphatic rings. The number of nitrogens with one attached hydrogen (secondary N) is 1. The van der Waals surface area contributed by atoms with Crippen LogP contribution in [0.2, 0.25) is 0 Å². The highest BCUT2D eigenvalue weighted by atomic mass is 16.5. The van der Waals surface area contributed by atoms with E-state index in [9.17, 15) is 0 Å². The second-order valence-electron chi connectivity index (χ2n) is 8.31. The van der Waals surface area contributed by atoms with Gasteiger partial charge < -0.3 is 19.4 Å². The van der Waals surface area contributed by atoms with Crippen LogP contribution in [0.5, 0.6) is 0 Å². The van der Waals surface area contributed by atoms with Gasteiger partial charge in [0, 0.05) is 56.0 Å². The molecule has 29 heavy (non-hydrogen) atoms. The number of piperidine rings is 1. The van der Waals surface area contributed by atoms with Gasteiger partial charge in [-0.15, -0.1) is 0 Å². The standard InChI is InChI=1S/C23H34N4O2/c1-4-21-16(2)25-23(29-21)11-8-17-14-20(15-22(26-17)24-12-13-28-3)27-18-6-5-7-19(27)10-9-18/h14-15,18-19H,4-13H2,1-3H3,(H,24,26). The van der Waals surface area contributed by atoms with E-state index in [0.29, 0.717) is 18.7 Å². The summed E-state index contributed by atoms with van der Waals surface area (Å²) in [7, 11) is 1.73. The SMILES string of the molecule is CCc1oc(CCc2cc(N3C4CCCC3CC4)cc(NCCOC)n2)nc1C. The largest absolute Gasteiger partial charge is 0.445 e. The van der Waals surface area contributed by atoms with E-state index >= 15 is 0 Å². The van der Waals surface area contributed by atoms with Crippen LogP contribution >= 0.6 is 0 Å². The fourth-order valence-corrected chi connectivity index (χ4v) is 4.92. The van der Waals surface area contributed by atoms with Gasteiger partial charge in [0.25, 0.3) is 0 Å². The van der Waals surface area contributed by atoms with Gasteiger partial charge in [-0.25, -0.2) is 9.97 Å². The average Bonchev–Trinajstić information content (AvgIpc) is 3.21. The summed E-state index contributed by atoms with van der Waals surface area (Å²) in [5.41, 5.74) is 3.43. The predicted octanol–water partition coefficient (Wildman–Crippen LogP) is 4.31. The zero-order chi connectivity index (χ0) is 20.2. The Kier molecular flexibility index (Phi) is 6.38. The number of hydrogen-bond acceptors (Lipinski definition) is 6. The first-order valence-corrected chi connectivity index (χ1v) is 11.1. The summed E-state index contributed by atoms with van der Waals surface area (Å²) in [5, 5.41) is 3.43. The predicted molar refractivity (Wildman–Crippen MR) is 116 cm³/mol. The van der Waals surface area contributed by atoms with Crippen LogP contribution < -0.4 is 10.2 Å². The minimum Gasteiger partial charge on any atom is -0.445 e. The molecule has 2 unspecified atom stereocenters. The van der Waals surface area contributed by atoms with E-state index in [-0.39, 0.29) is 0 Å². The molecule has 0 saturated carbocycles. The first-order chi connectivity index (χ1) is 14.2. The number of rotatable bonds is 9. The van der Waals surface area contributed by atoms with E-state index in [4.69, 9.17) is 14.1 Å². The summed E-state index contributed by atoms with van der Waals surface area (Å²) >= 11 is 0. The Bertz CT molecular complexity index is 803. The summed E-state index contributed by atoms with van der Waals surface area (Å²) in [4.78, 5) is 12.1. The van der Waals surface area contributed by atoms with Gasteiger partial charge in [0.1, 0.15) is 11.6 Å². The van der Waals surface area contributed by atoms with E-state index in [2.05, 4.69) is 34.3 Å². The van der Waals surface area contributed by atoms with Gasteiger partial charge in [-0.2, -0.15) is 0 Å². The summed E-state index contributed by atoms with van der Waals surface area (Å²) in [5.74, 6) is 2.75. The van der Waals surface area contributed by atoms with Crippen LogP contribution in [-0.2, 0) is 24.0 Å². The number of hydrogen-bond donors (Lipinski definition) is 1. The van der Waals surface area contributed by atoms with Crippen molar-refractivity contribution in [3.05, 3.63) is 35.2 Å². The molecule has 2 aromatic rings. The maximum Gasteiger partial charge on any atom is 0.195 e. The van der Waals surface area contributed by atoms with E-state index in [1.807, 2.05) is 6.92 Å². The van der Waals surface area contributed by atoms with Crippen molar-refractivity contribution in [1.82, 2.24) is 9.97 Å². The fraction of sp³-hybridized carbons (Fsp3) is 0.652. The van der Waals surface area contributed by atoms with Crippen LogP contribution in [0.3, 0.4) is 0 Å². The first kappa shape index (κ1) is 20.2. The van der Waals surface area contributed by atoms with E-state index in [0.717, 1.165) is 54.7 Å². The number of nitrogens with zero attached hydrogens (tertiary/aromatic N) is 3. The Balaban J connectivity index is 1.54. The lowest BCUT2D eigenvalue weighted by Crippen LogP contribution is -2.39. The van der Waals surface area contributed by atoms with Crippen LogP contribution in [0.4, 0.5) is 11.5 Å². The molecule has 2 bridgehead atoms. The molecule has 2 aliphatic heterocycles. The third kappa shape index (κ3) is 4.58. The van der Waals surface area contributed by atoms with Gasteiger partial charge in [-0.05, 0) is 51.5 Å². The summed E-state index contributed by atoms with van der Waals surface area (Å²) in [6.07, 6.45) is 9.14. The van der Waals surface area contributed by atoms with Crippen molar-refractivity contribution in [3.63, 3.8) is 0 Å². The third-order valence-electron chi connectivity index (χ3n) is 6.32. The first-order valence-electron chi connectivity index (χ1n) is 11.1. The van der Waals surface area contributed by atoms with Gasteiger partial charge in [0.2, 0.25) is 0 Å². The Morgan fingerprint density at radius 3 is 2.62 bits per heavy atom.